The number of hydrogen-bond acceptors (Lipinski definition) is 7. The standard InChI is InChI=1S/C16H21ClN2O7S/c17-11-7-10(15(21)14(9-11)27(23,24)25)8-12(20)1-2-13(18)16(22)19-3-5-26-6-4-19/h7,9,13,21H,1-6,8,18H2,(H,23,24,25)/t13-/m0/s1. The van der Waals surface area contributed by atoms with Crippen LogP contribution in [0.3, 0.4) is 0 Å². The van der Waals surface area contributed by atoms with Crippen LogP contribution in [0.4, 0.5) is 0 Å². The zero-order valence-corrected chi connectivity index (χ0v) is 16.0. The summed E-state index contributed by atoms with van der Waals surface area (Å²) in [4.78, 5) is 25.2. The minimum Gasteiger partial charge on any atom is -0.506 e. The molecule has 0 aliphatic carbocycles. The van der Waals surface area contributed by atoms with Gasteiger partial charge in [-0.05, 0) is 18.6 Å². The third-order valence-corrected chi connectivity index (χ3v) is 5.24. The first-order valence-corrected chi connectivity index (χ1v) is 10.0. The molecule has 9 nitrogen and oxygen atoms in total. The molecule has 1 aliphatic heterocycles. The van der Waals surface area contributed by atoms with E-state index in [2.05, 4.69) is 0 Å². The lowest BCUT2D eigenvalue weighted by atomic mass is 10.0. The summed E-state index contributed by atoms with van der Waals surface area (Å²) in [5.74, 6) is -1.35. The minimum absolute atomic E-state index is 0.0341. The monoisotopic (exact) mass is 420 g/mol. The second kappa shape index (κ2) is 8.98. The zero-order valence-electron chi connectivity index (χ0n) is 14.4. The summed E-state index contributed by atoms with van der Waals surface area (Å²) in [6.07, 6.45) is -0.237. The van der Waals surface area contributed by atoms with Crippen LogP contribution in [-0.2, 0) is 30.9 Å². The van der Waals surface area contributed by atoms with Gasteiger partial charge in [-0.2, -0.15) is 8.42 Å². The average Bonchev–Trinajstić information content (AvgIpc) is 2.61. The number of Topliss-reactive ketones (excluding diaryl/α,β-unsaturated/α-hetero) is 1. The number of ether oxygens (including phenoxy) is 1. The lowest BCUT2D eigenvalue weighted by Gasteiger charge is -2.29. The first kappa shape index (κ1) is 21.6. The van der Waals surface area contributed by atoms with E-state index in [1.807, 2.05) is 0 Å². The van der Waals surface area contributed by atoms with Crippen LogP contribution in [0.2, 0.25) is 5.02 Å². The molecule has 4 N–H and O–H groups in total. The molecule has 0 bridgehead atoms. The SMILES string of the molecule is N[C@@H](CCC(=O)Cc1cc(Cl)cc(S(=O)(=O)O)c1O)C(=O)N1CCOCC1. The van der Waals surface area contributed by atoms with Crippen molar-refractivity contribution in [3.63, 3.8) is 0 Å². The number of morpholine rings is 1. The van der Waals surface area contributed by atoms with Crippen molar-refractivity contribution in [2.45, 2.75) is 30.2 Å². The number of aromatic hydroxyl groups is 1. The van der Waals surface area contributed by atoms with Gasteiger partial charge < -0.3 is 20.5 Å². The predicted molar refractivity (Wildman–Crippen MR) is 96.3 cm³/mol. The number of phenolic OH excluding ortho intramolecular Hbond substituents is 1. The number of benzene rings is 1. The van der Waals surface area contributed by atoms with E-state index in [1.54, 1.807) is 4.90 Å². The summed E-state index contributed by atoms with van der Waals surface area (Å²) < 4.78 is 36.8. The first-order chi connectivity index (χ1) is 12.6. The molecule has 1 atom stereocenters. The van der Waals surface area contributed by atoms with Crippen molar-refractivity contribution in [1.29, 1.82) is 0 Å². The molecule has 11 heteroatoms. The highest BCUT2D eigenvalue weighted by atomic mass is 35.5. The van der Waals surface area contributed by atoms with Crippen LogP contribution in [0.1, 0.15) is 18.4 Å². The summed E-state index contributed by atoms with van der Waals surface area (Å²) in [6.45, 7) is 1.80. The van der Waals surface area contributed by atoms with E-state index in [1.165, 1.54) is 6.07 Å². The van der Waals surface area contributed by atoms with Gasteiger partial charge in [0.05, 0.1) is 19.3 Å². The molecular weight excluding hydrogens is 400 g/mol. The highest BCUT2D eigenvalue weighted by Crippen LogP contribution is 2.31. The third-order valence-electron chi connectivity index (χ3n) is 4.16. The van der Waals surface area contributed by atoms with Crippen molar-refractivity contribution in [2.24, 2.45) is 5.73 Å². The van der Waals surface area contributed by atoms with Crippen LogP contribution in [0.5, 0.6) is 5.75 Å². The van der Waals surface area contributed by atoms with E-state index in [0.717, 1.165) is 6.07 Å². The summed E-state index contributed by atoms with van der Waals surface area (Å²) in [5.41, 5.74) is 5.82. The van der Waals surface area contributed by atoms with Gasteiger partial charge in [0.25, 0.3) is 10.1 Å². The van der Waals surface area contributed by atoms with Crippen LogP contribution in [0.25, 0.3) is 0 Å². The Morgan fingerprint density at radius 2 is 1.93 bits per heavy atom. The van der Waals surface area contributed by atoms with E-state index < -0.39 is 26.8 Å². The van der Waals surface area contributed by atoms with Crippen LogP contribution in [0, 0.1) is 0 Å². The number of nitrogens with zero attached hydrogens (tertiary/aromatic N) is 1. The molecule has 1 aliphatic rings. The molecule has 1 heterocycles. The highest BCUT2D eigenvalue weighted by molar-refractivity contribution is 7.86. The van der Waals surface area contributed by atoms with E-state index in [4.69, 9.17) is 26.6 Å². The number of nitrogens with two attached hydrogens (primary N) is 1. The second-order valence-electron chi connectivity index (χ2n) is 6.19. The van der Waals surface area contributed by atoms with Crippen molar-refractivity contribution in [2.75, 3.05) is 26.3 Å². The molecule has 1 amide bonds. The Morgan fingerprint density at radius 3 is 2.52 bits per heavy atom. The predicted octanol–water partition coefficient (Wildman–Crippen LogP) is 0.370. The third kappa shape index (κ3) is 5.88. The van der Waals surface area contributed by atoms with Gasteiger partial charge in [0.2, 0.25) is 5.91 Å². The summed E-state index contributed by atoms with van der Waals surface area (Å²) in [6, 6.07) is 1.28. The topological polar surface area (TPSA) is 147 Å². The van der Waals surface area contributed by atoms with Crippen LogP contribution in [0.15, 0.2) is 17.0 Å². The van der Waals surface area contributed by atoms with Crippen LogP contribution in [-0.4, -0.2) is 67.0 Å². The second-order valence-corrected chi connectivity index (χ2v) is 8.01. The van der Waals surface area contributed by atoms with Crippen LogP contribution < -0.4 is 5.73 Å². The van der Waals surface area contributed by atoms with Gasteiger partial charge >= 0.3 is 0 Å². The number of hydrogen-bond donors (Lipinski definition) is 3. The largest absolute Gasteiger partial charge is 0.506 e. The lowest BCUT2D eigenvalue weighted by molar-refractivity contribution is -0.136. The Bertz CT molecular complexity index is 822. The maximum absolute atomic E-state index is 12.2. The Hall–Kier alpha value is -1.72. The van der Waals surface area contributed by atoms with Crippen molar-refractivity contribution < 1.29 is 32.4 Å². The van der Waals surface area contributed by atoms with Gasteiger partial charge in [-0.1, -0.05) is 11.6 Å². The van der Waals surface area contributed by atoms with Gasteiger partial charge in [0.15, 0.2) is 0 Å². The zero-order chi connectivity index (χ0) is 20.2. The average molecular weight is 421 g/mol. The molecule has 1 saturated heterocycles. The van der Waals surface area contributed by atoms with Gasteiger partial charge in [-0.3, -0.25) is 14.1 Å². The summed E-state index contributed by atoms with van der Waals surface area (Å²) >= 11 is 5.79. The van der Waals surface area contributed by atoms with E-state index in [-0.39, 0.29) is 41.5 Å². The molecule has 0 spiro atoms. The fraction of sp³-hybridized carbons (Fsp3) is 0.500. The molecule has 1 aromatic carbocycles. The fourth-order valence-corrected chi connectivity index (χ4v) is 3.68. The lowest BCUT2D eigenvalue weighted by Crippen LogP contribution is -2.48. The number of halogens is 1. The number of carbonyl (C=O) groups is 2. The van der Waals surface area contributed by atoms with E-state index in [0.29, 0.717) is 26.3 Å². The number of ketones is 1. The van der Waals surface area contributed by atoms with Crippen molar-refractivity contribution in [3.8, 4) is 5.75 Å². The number of amides is 1. The molecule has 0 radical (unpaired) electrons. The van der Waals surface area contributed by atoms with Crippen molar-refractivity contribution in [3.05, 3.63) is 22.7 Å². The number of carbonyl (C=O) groups excluding carboxylic acids is 2. The molecule has 0 aromatic heterocycles. The summed E-state index contributed by atoms with van der Waals surface area (Å²) in [5, 5.41) is 9.93. The quantitative estimate of drug-likeness (QED) is 0.536. The van der Waals surface area contributed by atoms with Gasteiger partial charge in [-0.15, -0.1) is 0 Å². The number of rotatable bonds is 7. The first-order valence-electron chi connectivity index (χ1n) is 8.22. The van der Waals surface area contributed by atoms with Gasteiger partial charge in [0.1, 0.15) is 16.4 Å². The van der Waals surface area contributed by atoms with Crippen molar-refractivity contribution in [1.82, 2.24) is 4.90 Å². The maximum Gasteiger partial charge on any atom is 0.298 e. The van der Waals surface area contributed by atoms with Gasteiger partial charge in [0, 0.05) is 36.5 Å². The normalized spacial score (nSPS) is 16.2. The maximum atomic E-state index is 12.2. The molecule has 1 aromatic rings. The van der Waals surface area contributed by atoms with E-state index >= 15 is 0 Å². The molecule has 150 valence electrons. The Balaban J connectivity index is 1.98. The molecule has 27 heavy (non-hydrogen) atoms. The van der Waals surface area contributed by atoms with Crippen LogP contribution >= 0.6 is 11.6 Å². The fourth-order valence-electron chi connectivity index (χ4n) is 2.72. The molecule has 2 rings (SSSR count). The van der Waals surface area contributed by atoms with E-state index in [9.17, 15) is 23.1 Å². The summed E-state index contributed by atoms with van der Waals surface area (Å²) in [7, 11) is -4.69. The Morgan fingerprint density at radius 1 is 1.30 bits per heavy atom. The Labute approximate surface area is 161 Å². The molecule has 0 saturated carbocycles. The molecule has 0 unspecified atom stereocenters. The minimum atomic E-state index is -4.69. The van der Waals surface area contributed by atoms with Crippen molar-refractivity contribution >= 4 is 33.4 Å². The number of phenols is 1. The van der Waals surface area contributed by atoms with Gasteiger partial charge in [-0.25, -0.2) is 0 Å². The highest BCUT2D eigenvalue weighted by Gasteiger charge is 2.24. The smallest absolute Gasteiger partial charge is 0.298 e. The Kier molecular flexibility index (Phi) is 7.18. The molecular formula is C16H21ClN2O7S. The molecule has 1 fully saturated rings.